The standard InChI is InChI=1S/C9H14Cl2N4S/c1-6(4-5-16-3)15(2)8-7(10)13-14-9(11)12-8/h6H,4-5H2,1-3H3. The quantitative estimate of drug-likeness (QED) is 0.830. The van der Waals surface area contributed by atoms with Crippen molar-refractivity contribution < 1.29 is 0 Å². The smallest absolute Gasteiger partial charge is 0.245 e. The monoisotopic (exact) mass is 280 g/mol. The Kier molecular flexibility index (Phi) is 5.58. The van der Waals surface area contributed by atoms with E-state index < -0.39 is 0 Å². The lowest BCUT2D eigenvalue weighted by Gasteiger charge is -2.25. The second-order valence-corrected chi connectivity index (χ2v) is 5.12. The average molecular weight is 281 g/mol. The average Bonchev–Trinajstić information content (AvgIpc) is 2.28. The summed E-state index contributed by atoms with van der Waals surface area (Å²) in [6.07, 6.45) is 3.14. The number of hydrogen-bond donors (Lipinski definition) is 0. The summed E-state index contributed by atoms with van der Waals surface area (Å²) in [7, 11) is 1.93. The van der Waals surface area contributed by atoms with Gasteiger partial charge in [0.05, 0.1) is 0 Å². The minimum atomic E-state index is 0.114. The van der Waals surface area contributed by atoms with E-state index in [1.165, 1.54) is 0 Å². The van der Waals surface area contributed by atoms with Crippen LogP contribution < -0.4 is 4.90 Å². The van der Waals surface area contributed by atoms with Crippen molar-refractivity contribution in [2.24, 2.45) is 0 Å². The molecule has 0 saturated heterocycles. The Balaban J connectivity index is 2.78. The van der Waals surface area contributed by atoms with E-state index in [4.69, 9.17) is 23.2 Å². The highest BCUT2D eigenvalue weighted by molar-refractivity contribution is 7.98. The van der Waals surface area contributed by atoms with Crippen molar-refractivity contribution in [2.45, 2.75) is 19.4 Å². The molecule has 0 spiro atoms. The lowest BCUT2D eigenvalue weighted by atomic mass is 10.2. The summed E-state index contributed by atoms with van der Waals surface area (Å²) in [6, 6.07) is 0.331. The lowest BCUT2D eigenvalue weighted by molar-refractivity contribution is 0.658. The first-order chi connectivity index (χ1) is 7.56. The molecule has 0 radical (unpaired) electrons. The van der Waals surface area contributed by atoms with Crippen LogP contribution in [0.1, 0.15) is 13.3 Å². The van der Waals surface area contributed by atoms with Crippen LogP contribution in [0.5, 0.6) is 0 Å². The normalized spacial score (nSPS) is 12.6. The minimum absolute atomic E-state index is 0.114. The van der Waals surface area contributed by atoms with Gasteiger partial charge in [-0.2, -0.15) is 16.7 Å². The molecule has 7 heteroatoms. The molecule has 0 aliphatic carbocycles. The number of halogens is 2. The summed E-state index contributed by atoms with van der Waals surface area (Å²) in [6.45, 7) is 2.11. The van der Waals surface area contributed by atoms with Crippen molar-refractivity contribution in [3.63, 3.8) is 0 Å². The van der Waals surface area contributed by atoms with E-state index in [-0.39, 0.29) is 10.4 Å². The second kappa shape index (κ2) is 6.47. The summed E-state index contributed by atoms with van der Waals surface area (Å²) in [5, 5.41) is 7.72. The van der Waals surface area contributed by atoms with Gasteiger partial charge in [0.1, 0.15) is 0 Å². The van der Waals surface area contributed by atoms with Crippen molar-refractivity contribution in [2.75, 3.05) is 24.0 Å². The van der Waals surface area contributed by atoms with Crippen LogP contribution in [0.25, 0.3) is 0 Å². The highest BCUT2D eigenvalue weighted by Gasteiger charge is 2.16. The molecule has 1 heterocycles. The number of thioether (sulfide) groups is 1. The largest absolute Gasteiger partial charge is 0.354 e. The third-order valence-corrected chi connectivity index (χ3v) is 3.39. The van der Waals surface area contributed by atoms with Crippen LogP contribution in [0.3, 0.4) is 0 Å². The predicted molar refractivity (Wildman–Crippen MR) is 70.7 cm³/mol. The first-order valence-corrected chi connectivity index (χ1v) is 6.98. The zero-order valence-electron chi connectivity index (χ0n) is 9.44. The maximum absolute atomic E-state index is 5.93. The number of anilines is 1. The minimum Gasteiger partial charge on any atom is -0.354 e. The van der Waals surface area contributed by atoms with Gasteiger partial charge >= 0.3 is 0 Å². The van der Waals surface area contributed by atoms with Crippen molar-refractivity contribution in [3.05, 3.63) is 10.4 Å². The predicted octanol–water partition coefficient (Wildman–Crippen LogP) is 2.76. The molecule has 0 aliphatic rings. The van der Waals surface area contributed by atoms with Crippen molar-refractivity contribution in [3.8, 4) is 0 Å². The molecule has 0 aromatic carbocycles. The van der Waals surface area contributed by atoms with Crippen molar-refractivity contribution in [1.29, 1.82) is 0 Å². The molecule has 1 aromatic rings. The Morgan fingerprint density at radius 2 is 2.06 bits per heavy atom. The first kappa shape index (κ1) is 13.8. The van der Waals surface area contributed by atoms with E-state index in [1.54, 1.807) is 0 Å². The zero-order valence-corrected chi connectivity index (χ0v) is 11.8. The maximum Gasteiger partial charge on any atom is 0.245 e. The summed E-state index contributed by atoms with van der Waals surface area (Å²) in [5.41, 5.74) is 0. The van der Waals surface area contributed by atoms with E-state index in [9.17, 15) is 0 Å². The Bertz CT molecular complexity index is 350. The molecule has 0 saturated carbocycles. The molecular weight excluding hydrogens is 267 g/mol. The van der Waals surface area contributed by atoms with Gasteiger partial charge in [-0.15, -0.1) is 10.2 Å². The Morgan fingerprint density at radius 1 is 1.38 bits per heavy atom. The van der Waals surface area contributed by atoms with Gasteiger partial charge < -0.3 is 4.90 Å². The summed E-state index contributed by atoms with van der Waals surface area (Å²) in [4.78, 5) is 6.05. The molecule has 1 atom stereocenters. The highest BCUT2D eigenvalue weighted by Crippen LogP contribution is 2.23. The van der Waals surface area contributed by atoms with Crippen LogP contribution in [0.15, 0.2) is 0 Å². The van der Waals surface area contributed by atoms with Crippen LogP contribution in [-0.4, -0.2) is 40.3 Å². The molecule has 0 aliphatic heterocycles. The van der Waals surface area contributed by atoms with E-state index in [0.29, 0.717) is 11.9 Å². The molecule has 1 rings (SSSR count). The van der Waals surface area contributed by atoms with E-state index in [2.05, 4.69) is 28.4 Å². The number of aromatic nitrogens is 3. The molecule has 16 heavy (non-hydrogen) atoms. The van der Waals surface area contributed by atoms with Crippen LogP contribution in [-0.2, 0) is 0 Å². The fourth-order valence-corrected chi connectivity index (χ4v) is 2.11. The summed E-state index contributed by atoms with van der Waals surface area (Å²) >= 11 is 13.4. The van der Waals surface area contributed by atoms with Crippen LogP contribution in [0, 0.1) is 0 Å². The van der Waals surface area contributed by atoms with Gasteiger partial charge in [-0.1, -0.05) is 11.6 Å². The first-order valence-electron chi connectivity index (χ1n) is 4.83. The Hall–Kier alpha value is -0.260. The lowest BCUT2D eigenvalue weighted by Crippen LogP contribution is -2.30. The van der Waals surface area contributed by atoms with Gasteiger partial charge in [0, 0.05) is 13.1 Å². The molecule has 1 unspecified atom stereocenters. The van der Waals surface area contributed by atoms with E-state index >= 15 is 0 Å². The van der Waals surface area contributed by atoms with Crippen molar-refractivity contribution >= 4 is 40.8 Å². The van der Waals surface area contributed by atoms with Gasteiger partial charge in [0.25, 0.3) is 0 Å². The number of hydrogen-bond acceptors (Lipinski definition) is 5. The van der Waals surface area contributed by atoms with Gasteiger partial charge in [-0.05, 0) is 37.0 Å². The Morgan fingerprint density at radius 3 is 2.69 bits per heavy atom. The van der Waals surface area contributed by atoms with Crippen LogP contribution >= 0.6 is 35.0 Å². The van der Waals surface area contributed by atoms with E-state index in [1.807, 2.05) is 23.7 Å². The molecule has 0 fully saturated rings. The molecule has 0 bridgehead atoms. The van der Waals surface area contributed by atoms with Gasteiger partial charge in [0.15, 0.2) is 11.0 Å². The third-order valence-electron chi connectivity index (χ3n) is 2.34. The molecule has 0 amide bonds. The number of rotatable bonds is 5. The Labute approximate surface area is 110 Å². The van der Waals surface area contributed by atoms with Gasteiger partial charge in [-0.25, -0.2) is 0 Å². The highest BCUT2D eigenvalue weighted by atomic mass is 35.5. The van der Waals surface area contributed by atoms with Crippen LogP contribution in [0.2, 0.25) is 10.4 Å². The molecular formula is C9H14Cl2N4S. The topological polar surface area (TPSA) is 41.9 Å². The number of nitrogens with zero attached hydrogens (tertiary/aromatic N) is 4. The fourth-order valence-electron chi connectivity index (χ4n) is 1.20. The second-order valence-electron chi connectivity index (χ2n) is 3.44. The fraction of sp³-hybridized carbons (Fsp3) is 0.667. The zero-order chi connectivity index (χ0) is 12.1. The third kappa shape index (κ3) is 3.64. The summed E-state index contributed by atoms with van der Waals surface area (Å²) in [5.74, 6) is 1.67. The molecule has 4 nitrogen and oxygen atoms in total. The molecule has 1 aromatic heterocycles. The van der Waals surface area contributed by atoms with Gasteiger partial charge in [0.2, 0.25) is 5.28 Å². The van der Waals surface area contributed by atoms with Gasteiger partial charge in [-0.3, -0.25) is 0 Å². The van der Waals surface area contributed by atoms with Crippen molar-refractivity contribution in [1.82, 2.24) is 15.2 Å². The maximum atomic E-state index is 5.93. The SMILES string of the molecule is CSCCC(C)N(C)c1nc(Cl)nnc1Cl. The molecule has 90 valence electrons. The molecule has 0 N–H and O–H groups in total. The van der Waals surface area contributed by atoms with Crippen LogP contribution in [0.4, 0.5) is 5.82 Å². The summed E-state index contributed by atoms with van der Waals surface area (Å²) < 4.78 is 0. The van der Waals surface area contributed by atoms with E-state index in [0.717, 1.165) is 12.2 Å².